The minimum atomic E-state index is -0.799. The molecule has 50 heavy (non-hydrogen) atoms. The van der Waals surface area contributed by atoms with E-state index in [9.17, 15) is 14.7 Å². The lowest BCUT2D eigenvalue weighted by atomic mass is 9.89. The van der Waals surface area contributed by atoms with Crippen LogP contribution in [0.1, 0.15) is 92.7 Å². The highest BCUT2D eigenvalue weighted by Gasteiger charge is 2.40. The van der Waals surface area contributed by atoms with Gasteiger partial charge in [-0.3, -0.25) is 14.5 Å². The van der Waals surface area contributed by atoms with Crippen LogP contribution in [-0.2, 0) is 19.1 Å². The number of likely N-dealkylation sites (tertiary alicyclic amines) is 1. The van der Waals surface area contributed by atoms with Gasteiger partial charge in [-0.2, -0.15) is 0 Å². The Morgan fingerprint density at radius 1 is 0.980 bits per heavy atom. The third kappa shape index (κ3) is 12.0. The fourth-order valence-corrected chi connectivity index (χ4v) is 7.92. The minimum Gasteiger partial charge on any atom is -0.386 e. The van der Waals surface area contributed by atoms with Crippen LogP contribution in [0.25, 0.3) is 0 Å². The van der Waals surface area contributed by atoms with Crippen molar-refractivity contribution in [3.05, 3.63) is 35.9 Å². The summed E-state index contributed by atoms with van der Waals surface area (Å²) in [6.07, 6.45) is 2.40. The number of hydrogen-bond donors (Lipinski definition) is 3. The Kier molecular flexibility index (Phi) is 18.9. The quantitative estimate of drug-likeness (QED) is 0.158. The minimum absolute atomic E-state index is 0.0779. The number of methoxy groups -OCH3 is 2. The zero-order valence-corrected chi connectivity index (χ0v) is 33.7. The molecule has 10 atom stereocenters. The van der Waals surface area contributed by atoms with Gasteiger partial charge in [0.15, 0.2) is 0 Å². The maximum atomic E-state index is 14.2. The Bertz CT molecular complexity index is 1110. The molecule has 0 saturated carbocycles. The van der Waals surface area contributed by atoms with E-state index in [0.29, 0.717) is 12.0 Å². The molecule has 3 N–H and O–H groups in total. The van der Waals surface area contributed by atoms with Crippen molar-refractivity contribution in [2.75, 3.05) is 55.0 Å². The van der Waals surface area contributed by atoms with Crippen molar-refractivity contribution in [3.8, 4) is 0 Å². The van der Waals surface area contributed by atoms with Crippen molar-refractivity contribution >= 4 is 11.8 Å². The van der Waals surface area contributed by atoms with Gasteiger partial charge in [0.05, 0.1) is 42.4 Å². The normalized spacial score (nSPS) is 21.0. The van der Waals surface area contributed by atoms with E-state index in [1.165, 1.54) is 0 Å². The van der Waals surface area contributed by atoms with E-state index < -0.39 is 18.1 Å². The number of likely N-dealkylation sites (N-methyl/N-ethyl adjacent to an activating group) is 2. The molecule has 1 aromatic rings. The highest BCUT2D eigenvalue weighted by molar-refractivity contribution is 5.82. The molecule has 1 aliphatic rings. The van der Waals surface area contributed by atoms with E-state index in [1.807, 2.05) is 56.1 Å². The molecule has 1 aromatic carbocycles. The van der Waals surface area contributed by atoms with Crippen LogP contribution in [0, 0.1) is 23.7 Å². The van der Waals surface area contributed by atoms with Crippen molar-refractivity contribution in [1.82, 2.24) is 25.3 Å². The van der Waals surface area contributed by atoms with E-state index >= 15 is 0 Å². The maximum Gasteiger partial charge on any atom is 0.240 e. The number of benzene rings is 1. The van der Waals surface area contributed by atoms with Crippen LogP contribution in [0.15, 0.2) is 30.3 Å². The van der Waals surface area contributed by atoms with Crippen LogP contribution >= 0.6 is 0 Å². The standard InChI is InChI=1S/C40H73N5O5/c1-14-28(6)36(44(11)40(48)35(27(4)5)41-25-33(26(2)3)43(9)10)34(49-12)22-24-45-23-18-21-32(45)38(50-13)29(7)39(47)42-30(8)37(46)31-19-16-15-17-20-31/h15-17,19-20,26-30,32-38,41,46H,14,18,21-25H2,1-13H3,(H,42,47). The third-order valence-corrected chi connectivity index (χ3v) is 11.3. The summed E-state index contributed by atoms with van der Waals surface area (Å²) in [7, 11) is 9.59. The zero-order chi connectivity index (χ0) is 37.7. The van der Waals surface area contributed by atoms with Crippen molar-refractivity contribution in [3.63, 3.8) is 0 Å². The molecule has 2 amide bonds. The summed E-state index contributed by atoms with van der Waals surface area (Å²) in [5.41, 5.74) is 0.772. The number of nitrogens with zero attached hydrogens (tertiary/aromatic N) is 3. The molecule has 1 heterocycles. The number of carbonyl (C=O) groups is 2. The molecule has 288 valence electrons. The third-order valence-electron chi connectivity index (χ3n) is 11.3. The van der Waals surface area contributed by atoms with Gasteiger partial charge in [-0.15, -0.1) is 0 Å². The van der Waals surface area contributed by atoms with Crippen LogP contribution in [0.5, 0.6) is 0 Å². The highest BCUT2D eigenvalue weighted by atomic mass is 16.5. The van der Waals surface area contributed by atoms with Crippen LogP contribution in [0.2, 0.25) is 0 Å². The highest BCUT2D eigenvalue weighted by Crippen LogP contribution is 2.29. The van der Waals surface area contributed by atoms with Crippen molar-refractivity contribution in [1.29, 1.82) is 0 Å². The zero-order valence-electron chi connectivity index (χ0n) is 33.7. The summed E-state index contributed by atoms with van der Waals surface area (Å²) in [6, 6.07) is 8.99. The molecule has 0 aromatic heterocycles. The average Bonchev–Trinajstić information content (AvgIpc) is 3.55. The lowest BCUT2D eigenvalue weighted by Crippen LogP contribution is -2.58. The molecule has 0 spiro atoms. The molecule has 1 aliphatic heterocycles. The van der Waals surface area contributed by atoms with Gasteiger partial charge in [0.1, 0.15) is 0 Å². The Morgan fingerprint density at radius 3 is 2.14 bits per heavy atom. The monoisotopic (exact) mass is 704 g/mol. The largest absolute Gasteiger partial charge is 0.386 e. The van der Waals surface area contributed by atoms with E-state index in [4.69, 9.17) is 9.47 Å². The number of rotatable bonds is 22. The molecule has 10 heteroatoms. The Morgan fingerprint density at radius 2 is 1.62 bits per heavy atom. The second-order valence-electron chi connectivity index (χ2n) is 15.7. The molecule has 10 nitrogen and oxygen atoms in total. The van der Waals surface area contributed by atoms with Crippen LogP contribution in [0.3, 0.4) is 0 Å². The maximum absolute atomic E-state index is 14.2. The van der Waals surface area contributed by atoms with E-state index in [2.05, 4.69) is 76.1 Å². The van der Waals surface area contributed by atoms with Gasteiger partial charge in [-0.1, -0.05) is 85.2 Å². The van der Waals surface area contributed by atoms with Gasteiger partial charge >= 0.3 is 0 Å². The number of ether oxygens (including phenoxy) is 2. The van der Waals surface area contributed by atoms with Gasteiger partial charge in [-0.25, -0.2) is 0 Å². The molecule has 0 aliphatic carbocycles. The topological polar surface area (TPSA) is 107 Å². The summed E-state index contributed by atoms with van der Waals surface area (Å²) in [4.78, 5) is 34.3. The van der Waals surface area contributed by atoms with Gasteiger partial charge in [0.2, 0.25) is 11.8 Å². The van der Waals surface area contributed by atoms with E-state index in [-0.39, 0.29) is 54.0 Å². The lowest BCUT2D eigenvalue weighted by Gasteiger charge is -2.41. The summed E-state index contributed by atoms with van der Waals surface area (Å²) >= 11 is 0. The molecule has 2 rings (SSSR count). The molecule has 1 saturated heterocycles. The fourth-order valence-electron chi connectivity index (χ4n) is 7.92. The molecule has 0 radical (unpaired) electrons. The predicted molar refractivity (Wildman–Crippen MR) is 204 cm³/mol. The first-order valence-corrected chi connectivity index (χ1v) is 19.1. The molecular weight excluding hydrogens is 630 g/mol. The lowest BCUT2D eigenvalue weighted by molar-refractivity contribution is -0.140. The van der Waals surface area contributed by atoms with Gasteiger partial charge < -0.3 is 35.0 Å². The number of aliphatic hydroxyl groups excluding tert-OH is 1. The number of hydrogen-bond acceptors (Lipinski definition) is 8. The summed E-state index contributed by atoms with van der Waals surface area (Å²) in [5.74, 6) is 0.414. The Labute approximate surface area is 305 Å². The first-order valence-electron chi connectivity index (χ1n) is 19.1. The first kappa shape index (κ1) is 44.1. The number of carbonyl (C=O) groups excluding carboxylic acids is 2. The molecule has 1 fully saturated rings. The van der Waals surface area contributed by atoms with Crippen molar-refractivity contribution < 1.29 is 24.2 Å². The van der Waals surface area contributed by atoms with Crippen molar-refractivity contribution in [2.24, 2.45) is 23.7 Å². The first-order chi connectivity index (χ1) is 23.6. The molecule has 0 bridgehead atoms. The summed E-state index contributed by atoms with van der Waals surface area (Å²) in [5, 5.41) is 17.5. The average molecular weight is 704 g/mol. The molecule has 10 unspecified atom stereocenters. The van der Waals surface area contributed by atoms with Gasteiger partial charge in [-0.05, 0) is 70.1 Å². The van der Waals surface area contributed by atoms with Crippen LogP contribution < -0.4 is 10.6 Å². The predicted octanol–water partition coefficient (Wildman–Crippen LogP) is 4.82. The second kappa shape index (κ2) is 21.4. The Hall–Kier alpha value is -2.08. The molecular formula is C40H73N5O5. The number of nitrogens with one attached hydrogen (secondary N) is 2. The van der Waals surface area contributed by atoms with Crippen LogP contribution in [0.4, 0.5) is 0 Å². The summed E-state index contributed by atoms with van der Waals surface area (Å²) < 4.78 is 12.3. The number of amides is 2. The number of aliphatic hydroxyl groups is 1. The smallest absolute Gasteiger partial charge is 0.240 e. The van der Waals surface area contributed by atoms with Crippen LogP contribution in [-0.4, -0.2) is 129 Å². The fraction of sp³-hybridized carbons (Fsp3) is 0.800. The van der Waals surface area contributed by atoms with Crippen molar-refractivity contribution in [2.45, 2.75) is 130 Å². The van der Waals surface area contributed by atoms with Gasteiger partial charge in [0.25, 0.3) is 0 Å². The Balaban J connectivity index is 2.15. The second-order valence-corrected chi connectivity index (χ2v) is 15.7. The van der Waals surface area contributed by atoms with E-state index in [1.54, 1.807) is 14.2 Å². The van der Waals surface area contributed by atoms with E-state index in [0.717, 1.165) is 50.9 Å². The summed E-state index contributed by atoms with van der Waals surface area (Å²) in [6.45, 7) is 19.3. The van der Waals surface area contributed by atoms with Gasteiger partial charge in [0, 0.05) is 46.4 Å². The SMILES string of the molecule is CCC(C)C(C(CCN1CCCC1C(OC)C(C)C(=O)NC(C)C(O)c1ccccc1)OC)N(C)C(=O)C(NCC(C(C)C)N(C)C)C(C)C.